The first-order chi connectivity index (χ1) is 9.75. The number of guanidine groups is 1. The van der Waals surface area contributed by atoms with E-state index < -0.39 is 0 Å². The van der Waals surface area contributed by atoms with Crippen molar-refractivity contribution >= 4 is 22.9 Å². The number of hydrogen-bond donors (Lipinski definition) is 1. The van der Waals surface area contributed by atoms with Gasteiger partial charge in [-0.1, -0.05) is 25.1 Å². The van der Waals surface area contributed by atoms with Gasteiger partial charge >= 0.3 is 0 Å². The van der Waals surface area contributed by atoms with Crippen LogP contribution >= 0.6 is 17.0 Å². The predicted octanol–water partition coefficient (Wildman–Crippen LogP) is 1.78. The van der Waals surface area contributed by atoms with Crippen LogP contribution in [-0.2, 0) is 4.74 Å². The highest BCUT2D eigenvalue weighted by Crippen LogP contribution is 2.37. The van der Waals surface area contributed by atoms with E-state index in [2.05, 4.69) is 22.9 Å². The summed E-state index contributed by atoms with van der Waals surface area (Å²) < 4.78 is 11.3. The van der Waals surface area contributed by atoms with Gasteiger partial charge in [0.05, 0.1) is 19.8 Å². The molecule has 2 aliphatic rings. The zero-order valence-corrected chi connectivity index (χ0v) is 13.9. The number of morpholine rings is 1. The topological polar surface area (TPSA) is 60.1 Å². The molecule has 0 spiro atoms. The Morgan fingerprint density at radius 3 is 2.76 bits per heavy atom. The van der Waals surface area contributed by atoms with Gasteiger partial charge in [-0.05, 0) is 6.07 Å². The zero-order valence-electron chi connectivity index (χ0n) is 12.2. The summed E-state index contributed by atoms with van der Waals surface area (Å²) >= 11 is 0. The summed E-state index contributed by atoms with van der Waals surface area (Å²) in [7, 11) is 0. The van der Waals surface area contributed by atoms with Crippen LogP contribution < -0.4 is 10.5 Å². The highest BCUT2D eigenvalue weighted by Gasteiger charge is 2.30. The summed E-state index contributed by atoms with van der Waals surface area (Å²) in [5.41, 5.74) is 7.30. The molecule has 1 aromatic rings. The molecule has 21 heavy (non-hydrogen) atoms. The fourth-order valence-electron chi connectivity index (χ4n) is 2.70. The maximum absolute atomic E-state index is 6.04. The van der Waals surface area contributed by atoms with E-state index in [1.165, 1.54) is 5.56 Å². The number of hydrogen-bond acceptors (Lipinski definition) is 3. The second-order valence-electron chi connectivity index (χ2n) is 5.28. The molecule has 2 N–H and O–H groups in total. The van der Waals surface area contributed by atoms with Crippen molar-refractivity contribution in [2.24, 2.45) is 10.7 Å². The van der Waals surface area contributed by atoms with Crippen molar-refractivity contribution in [2.75, 3.05) is 32.8 Å². The van der Waals surface area contributed by atoms with E-state index in [0.29, 0.717) is 18.4 Å². The molecule has 0 aliphatic carbocycles. The first-order valence-electron chi connectivity index (χ1n) is 7.14. The maximum atomic E-state index is 6.04. The zero-order chi connectivity index (χ0) is 13.9. The van der Waals surface area contributed by atoms with E-state index in [4.69, 9.17) is 15.2 Å². The van der Waals surface area contributed by atoms with Crippen LogP contribution in [0.15, 0.2) is 29.3 Å². The molecular formula is C15H22BrN3O2. The van der Waals surface area contributed by atoms with Crippen molar-refractivity contribution in [1.29, 1.82) is 0 Å². The van der Waals surface area contributed by atoms with Crippen LogP contribution in [0, 0.1) is 0 Å². The van der Waals surface area contributed by atoms with Crippen LogP contribution in [0.2, 0.25) is 0 Å². The van der Waals surface area contributed by atoms with Gasteiger partial charge in [0.1, 0.15) is 11.9 Å². The highest BCUT2D eigenvalue weighted by atomic mass is 79.9. The van der Waals surface area contributed by atoms with Crippen LogP contribution in [0.4, 0.5) is 0 Å². The summed E-state index contributed by atoms with van der Waals surface area (Å²) in [5.74, 6) is 1.93. The quantitative estimate of drug-likeness (QED) is 0.648. The monoisotopic (exact) mass is 355 g/mol. The molecule has 1 saturated heterocycles. The standard InChI is InChI=1S/C15H21N3O2.BrH/c1-11-12-4-2-3-5-13(12)20-14(11)10-17-15(16)18-6-8-19-9-7-18;/h2-5,11,14H,6-10H2,1H3,(H2,16,17);1H/t11-,14-;/m1./s1. The van der Waals surface area contributed by atoms with Crippen LogP contribution in [-0.4, -0.2) is 49.8 Å². The van der Waals surface area contributed by atoms with Crippen molar-refractivity contribution in [3.05, 3.63) is 29.8 Å². The van der Waals surface area contributed by atoms with Crippen LogP contribution in [0.3, 0.4) is 0 Å². The molecule has 0 unspecified atom stereocenters. The lowest BCUT2D eigenvalue weighted by Gasteiger charge is -2.27. The molecule has 5 nitrogen and oxygen atoms in total. The summed E-state index contributed by atoms with van der Waals surface area (Å²) in [4.78, 5) is 6.57. The lowest BCUT2D eigenvalue weighted by atomic mass is 9.98. The smallest absolute Gasteiger partial charge is 0.191 e. The van der Waals surface area contributed by atoms with Crippen molar-refractivity contribution in [3.8, 4) is 5.75 Å². The third kappa shape index (κ3) is 3.49. The molecule has 0 radical (unpaired) electrons. The molecule has 1 fully saturated rings. The Bertz CT molecular complexity index is 503. The van der Waals surface area contributed by atoms with Gasteiger partial charge < -0.3 is 20.1 Å². The van der Waals surface area contributed by atoms with Crippen LogP contribution in [0.5, 0.6) is 5.75 Å². The summed E-state index contributed by atoms with van der Waals surface area (Å²) in [6, 6.07) is 8.18. The largest absolute Gasteiger partial charge is 0.488 e. The normalized spacial score (nSPS) is 25.0. The molecule has 0 aromatic heterocycles. The van der Waals surface area contributed by atoms with Crippen molar-refractivity contribution < 1.29 is 9.47 Å². The van der Waals surface area contributed by atoms with E-state index in [1.807, 2.05) is 18.2 Å². The first kappa shape index (κ1) is 16.1. The van der Waals surface area contributed by atoms with Gasteiger partial charge in [-0.25, -0.2) is 4.99 Å². The Kier molecular flexibility index (Phi) is 5.47. The molecule has 0 bridgehead atoms. The molecule has 1 aromatic carbocycles. The Morgan fingerprint density at radius 1 is 1.33 bits per heavy atom. The predicted molar refractivity (Wildman–Crippen MR) is 88.5 cm³/mol. The number of rotatable bonds is 2. The van der Waals surface area contributed by atoms with Gasteiger partial charge in [0, 0.05) is 24.6 Å². The average Bonchev–Trinajstić information content (AvgIpc) is 2.83. The number of benzene rings is 1. The van der Waals surface area contributed by atoms with E-state index in [-0.39, 0.29) is 23.1 Å². The maximum Gasteiger partial charge on any atom is 0.191 e. The Morgan fingerprint density at radius 2 is 2.05 bits per heavy atom. The lowest BCUT2D eigenvalue weighted by Crippen LogP contribution is -2.45. The third-order valence-electron chi connectivity index (χ3n) is 4.01. The van der Waals surface area contributed by atoms with Gasteiger partial charge in [0.15, 0.2) is 5.96 Å². The minimum absolute atomic E-state index is 0. The minimum Gasteiger partial charge on any atom is -0.488 e. The summed E-state index contributed by atoms with van der Waals surface area (Å²) in [6.07, 6.45) is 0.0759. The number of para-hydroxylation sites is 1. The molecule has 2 aliphatic heterocycles. The molecule has 0 saturated carbocycles. The van der Waals surface area contributed by atoms with Gasteiger partial charge in [-0.3, -0.25) is 0 Å². The molecule has 2 heterocycles. The number of fused-ring (bicyclic) bond motifs is 1. The van der Waals surface area contributed by atoms with Crippen molar-refractivity contribution in [3.63, 3.8) is 0 Å². The number of halogens is 1. The SMILES string of the molecule is Br.C[C@@H]1c2ccccc2O[C@@H]1CN=C(N)N1CCOCC1. The Hall–Kier alpha value is -1.27. The van der Waals surface area contributed by atoms with E-state index in [0.717, 1.165) is 32.1 Å². The molecular weight excluding hydrogens is 334 g/mol. The van der Waals surface area contributed by atoms with Gasteiger partial charge in [-0.2, -0.15) is 0 Å². The van der Waals surface area contributed by atoms with Gasteiger partial charge in [0.2, 0.25) is 0 Å². The average molecular weight is 356 g/mol. The fraction of sp³-hybridized carbons (Fsp3) is 0.533. The number of nitrogens with zero attached hydrogens (tertiary/aromatic N) is 2. The first-order valence-corrected chi connectivity index (χ1v) is 7.14. The second kappa shape index (κ2) is 7.13. The van der Waals surface area contributed by atoms with Crippen LogP contribution in [0.25, 0.3) is 0 Å². The fourth-order valence-corrected chi connectivity index (χ4v) is 2.70. The molecule has 116 valence electrons. The number of aliphatic imine (C=N–C) groups is 1. The van der Waals surface area contributed by atoms with Gasteiger partial charge in [0.25, 0.3) is 0 Å². The van der Waals surface area contributed by atoms with E-state index in [1.54, 1.807) is 0 Å². The Balaban J connectivity index is 0.00000161. The molecule has 2 atom stereocenters. The number of ether oxygens (including phenoxy) is 2. The van der Waals surface area contributed by atoms with Crippen molar-refractivity contribution in [2.45, 2.75) is 18.9 Å². The highest BCUT2D eigenvalue weighted by molar-refractivity contribution is 8.93. The van der Waals surface area contributed by atoms with Gasteiger partial charge in [-0.15, -0.1) is 17.0 Å². The molecule has 0 amide bonds. The van der Waals surface area contributed by atoms with E-state index >= 15 is 0 Å². The number of nitrogens with two attached hydrogens (primary N) is 1. The third-order valence-corrected chi connectivity index (χ3v) is 4.01. The molecule has 3 rings (SSSR count). The lowest BCUT2D eigenvalue weighted by molar-refractivity contribution is 0.0673. The summed E-state index contributed by atoms with van der Waals surface area (Å²) in [6.45, 7) is 5.85. The minimum atomic E-state index is 0. The van der Waals surface area contributed by atoms with E-state index in [9.17, 15) is 0 Å². The van der Waals surface area contributed by atoms with Crippen molar-refractivity contribution in [1.82, 2.24) is 4.90 Å². The Labute approximate surface area is 135 Å². The summed E-state index contributed by atoms with van der Waals surface area (Å²) in [5, 5.41) is 0. The molecule has 6 heteroatoms. The second-order valence-corrected chi connectivity index (χ2v) is 5.28. The van der Waals surface area contributed by atoms with Crippen LogP contribution in [0.1, 0.15) is 18.4 Å².